The van der Waals surface area contributed by atoms with Gasteiger partial charge < -0.3 is 0 Å². The predicted molar refractivity (Wildman–Crippen MR) is 39.2 cm³/mol. The molecule has 1 fully saturated rings. The highest BCUT2D eigenvalue weighted by molar-refractivity contribution is 7.88. The first-order chi connectivity index (χ1) is 5.04. The van der Waals surface area contributed by atoms with Crippen LogP contribution in [0.25, 0.3) is 0 Å². The van der Waals surface area contributed by atoms with E-state index in [1.165, 1.54) is 6.08 Å². The Morgan fingerprint density at radius 3 is 2.45 bits per heavy atom. The van der Waals surface area contributed by atoms with Crippen LogP contribution in [-0.4, -0.2) is 13.2 Å². The van der Waals surface area contributed by atoms with Crippen LogP contribution in [0, 0.1) is 5.92 Å². The average Bonchev–Trinajstić information content (AvgIpc) is 2.42. The van der Waals surface area contributed by atoms with E-state index in [2.05, 4.69) is 0 Å². The molecule has 2 nitrogen and oxygen atoms in total. The zero-order chi connectivity index (χ0) is 8.11. The highest BCUT2D eigenvalue weighted by Crippen LogP contribution is 2.47. The van der Waals surface area contributed by atoms with Crippen molar-refractivity contribution in [2.45, 2.75) is 24.0 Å². The van der Waals surface area contributed by atoms with Gasteiger partial charge in [-0.1, -0.05) is 12.2 Å². The molecule has 11 heavy (non-hydrogen) atoms. The topological polar surface area (TPSA) is 34.1 Å². The molecular weight excluding hydrogens is 167 g/mol. The molecule has 2 bridgehead atoms. The second kappa shape index (κ2) is 1.86. The van der Waals surface area contributed by atoms with E-state index in [0.717, 1.165) is 6.42 Å². The Bertz CT molecular complexity index is 306. The Morgan fingerprint density at radius 1 is 1.55 bits per heavy atom. The highest BCUT2D eigenvalue weighted by Gasteiger charge is 2.50. The van der Waals surface area contributed by atoms with Crippen LogP contribution in [0.2, 0.25) is 0 Å². The first kappa shape index (κ1) is 7.28. The van der Waals surface area contributed by atoms with Crippen LogP contribution in [0.4, 0.5) is 3.89 Å². The number of fused-ring (bicyclic) bond motifs is 2. The fourth-order valence-corrected chi connectivity index (χ4v) is 3.02. The van der Waals surface area contributed by atoms with Gasteiger partial charge in [0.15, 0.2) is 0 Å². The van der Waals surface area contributed by atoms with Gasteiger partial charge in [-0.15, -0.1) is 3.89 Å². The molecule has 0 spiro atoms. The fraction of sp³-hybridized carbons (Fsp3) is 0.714. The first-order valence-corrected chi connectivity index (χ1v) is 5.05. The minimum absolute atomic E-state index is 0.306. The summed E-state index contributed by atoms with van der Waals surface area (Å²) in [5.41, 5.74) is 0. The summed E-state index contributed by atoms with van der Waals surface area (Å²) in [4.78, 5) is 0. The Hall–Kier alpha value is -0.380. The summed E-state index contributed by atoms with van der Waals surface area (Å²) in [5.74, 6) is 0.306. The van der Waals surface area contributed by atoms with Crippen molar-refractivity contribution in [3.63, 3.8) is 0 Å². The van der Waals surface area contributed by atoms with Gasteiger partial charge in [0.2, 0.25) is 0 Å². The summed E-state index contributed by atoms with van der Waals surface area (Å²) in [6.45, 7) is 0. The maximum atomic E-state index is 12.7. The molecule has 0 aliphatic heterocycles. The zero-order valence-electron chi connectivity index (χ0n) is 5.96. The normalized spacial score (nSPS) is 41.7. The van der Waals surface area contributed by atoms with E-state index in [1.807, 2.05) is 6.08 Å². The van der Waals surface area contributed by atoms with E-state index >= 15 is 0 Å². The van der Waals surface area contributed by atoms with Gasteiger partial charge in [-0.2, -0.15) is 8.42 Å². The van der Waals surface area contributed by atoms with E-state index < -0.39 is 15.0 Å². The summed E-state index contributed by atoms with van der Waals surface area (Å²) >= 11 is 0. The van der Waals surface area contributed by atoms with Crippen molar-refractivity contribution < 1.29 is 12.3 Å². The molecule has 2 aliphatic carbocycles. The number of halogens is 1. The molecule has 0 radical (unpaired) electrons. The molecule has 0 aromatic rings. The van der Waals surface area contributed by atoms with Crippen LogP contribution in [-0.2, 0) is 10.2 Å². The van der Waals surface area contributed by atoms with E-state index in [4.69, 9.17) is 0 Å². The van der Waals surface area contributed by atoms with Crippen LogP contribution in [0.1, 0.15) is 19.3 Å². The van der Waals surface area contributed by atoms with Crippen LogP contribution >= 0.6 is 0 Å². The van der Waals surface area contributed by atoms with Crippen molar-refractivity contribution in [2.24, 2.45) is 5.92 Å². The minimum atomic E-state index is -4.36. The summed E-state index contributed by atoms with van der Waals surface area (Å²) in [6.07, 6.45) is 5.09. The van der Waals surface area contributed by atoms with E-state index in [9.17, 15) is 12.3 Å². The molecule has 0 aromatic heterocycles. The van der Waals surface area contributed by atoms with E-state index in [1.54, 1.807) is 0 Å². The summed E-state index contributed by atoms with van der Waals surface area (Å²) < 4.78 is 33.0. The lowest BCUT2D eigenvalue weighted by Crippen LogP contribution is -2.28. The standard InChI is InChI=1S/C7H9FO2S/c8-11(9,10)7-3-1-6(5-7)2-4-7/h1,3,6H,2,4-5H2. The molecule has 2 rings (SSSR count). The molecule has 0 saturated heterocycles. The van der Waals surface area contributed by atoms with Gasteiger partial charge in [0.1, 0.15) is 4.75 Å². The average molecular weight is 176 g/mol. The Balaban J connectivity index is 2.46. The highest BCUT2D eigenvalue weighted by atomic mass is 32.3. The Labute approximate surface area is 65.3 Å². The van der Waals surface area contributed by atoms with E-state index in [0.29, 0.717) is 18.8 Å². The monoisotopic (exact) mass is 176 g/mol. The van der Waals surface area contributed by atoms with Crippen molar-refractivity contribution in [3.05, 3.63) is 12.2 Å². The minimum Gasteiger partial charge on any atom is -0.194 e. The number of hydrogen-bond donors (Lipinski definition) is 0. The van der Waals surface area contributed by atoms with Crippen LogP contribution in [0.15, 0.2) is 12.2 Å². The van der Waals surface area contributed by atoms with Gasteiger partial charge in [-0.3, -0.25) is 0 Å². The van der Waals surface area contributed by atoms with Crippen LogP contribution in [0.3, 0.4) is 0 Å². The third-order valence-corrected chi connectivity index (χ3v) is 4.18. The SMILES string of the molecule is O=S(=O)(F)C12C=CC(CC1)C2. The molecule has 1 saturated carbocycles. The predicted octanol–water partition coefficient (Wildman–Crippen LogP) is 1.39. The molecule has 62 valence electrons. The van der Waals surface area contributed by atoms with Gasteiger partial charge in [0.05, 0.1) is 0 Å². The number of rotatable bonds is 1. The molecule has 4 heteroatoms. The quantitative estimate of drug-likeness (QED) is 0.447. The van der Waals surface area contributed by atoms with Gasteiger partial charge in [-0.05, 0) is 25.2 Å². The summed E-state index contributed by atoms with van der Waals surface area (Å²) in [7, 11) is -4.36. The van der Waals surface area contributed by atoms with E-state index in [-0.39, 0.29) is 0 Å². The molecule has 0 aromatic carbocycles. The second-order valence-corrected chi connectivity index (χ2v) is 5.05. The first-order valence-electron chi connectivity index (χ1n) is 3.67. The van der Waals surface area contributed by atoms with Gasteiger partial charge in [0.25, 0.3) is 0 Å². The molecule has 0 amide bonds. The summed E-state index contributed by atoms with van der Waals surface area (Å²) in [5, 5.41) is 0. The fourth-order valence-electron chi connectivity index (χ4n) is 2.01. The lowest BCUT2D eigenvalue weighted by molar-refractivity contribution is 0.510. The largest absolute Gasteiger partial charge is 0.311 e. The molecule has 2 atom stereocenters. The third kappa shape index (κ3) is 0.851. The molecule has 0 N–H and O–H groups in total. The van der Waals surface area contributed by atoms with Gasteiger partial charge in [-0.25, -0.2) is 0 Å². The van der Waals surface area contributed by atoms with Crippen LogP contribution < -0.4 is 0 Å². The Morgan fingerprint density at radius 2 is 2.27 bits per heavy atom. The molecular formula is C7H9FO2S. The maximum absolute atomic E-state index is 12.7. The zero-order valence-corrected chi connectivity index (χ0v) is 6.77. The third-order valence-electron chi connectivity index (χ3n) is 2.70. The van der Waals surface area contributed by atoms with Gasteiger partial charge in [0, 0.05) is 0 Å². The molecule has 0 heterocycles. The van der Waals surface area contributed by atoms with Crippen molar-refractivity contribution in [2.75, 3.05) is 0 Å². The van der Waals surface area contributed by atoms with Crippen LogP contribution in [0.5, 0.6) is 0 Å². The molecule has 2 unspecified atom stereocenters. The molecule has 2 aliphatic rings. The van der Waals surface area contributed by atoms with Crippen molar-refractivity contribution >= 4 is 10.2 Å². The number of allylic oxidation sites excluding steroid dienone is 1. The number of hydrogen-bond acceptors (Lipinski definition) is 2. The second-order valence-electron chi connectivity index (χ2n) is 3.36. The Kier molecular flexibility index (Phi) is 1.23. The van der Waals surface area contributed by atoms with Crippen molar-refractivity contribution in [3.8, 4) is 0 Å². The van der Waals surface area contributed by atoms with Gasteiger partial charge >= 0.3 is 10.2 Å². The van der Waals surface area contributed by atoms with Crippen molar-refractivity contribution in [1.29, 1.82) is 0 Å². The summed E-state index contributed by atoms with van der Waals surface area (Å²) in [6, 6.07) is 0. The van der Waals surface area contributed by atoms with Crippen molar-refractivity contribution in [1.82, 2.24) is 0 Å². The lowest BCUT2D eigenvalue weighted by Gasteiger charge is -2.16. The smallest absolute Gasteiger partial charge is 0.194 e. The lowest BCUT2D eigenvalue weighted by atomic mass is 10.1. The maximum Gasteiger partial charge on any atom is 0.311 e.